The van der Waals surface area contributed by atoms with E-state index in [0.717, 1.165) is 74.2 Å². The Labute approximate surface area is 454 Å². The van der Waals surface area contributed by atoms with E-state index < -0.39 is 23.1 Å². The lowest BCUT2D eigenvalue weighted by atomic mass is 9.65. The van der Waals surface area contributed by atoms with E-state index in [9.17, 15) is 37.1 Å². The van der Waals surface area contributed by atoms with Gasteiger partial charge in [-0.05, 0) is 167 Å². The Morgan fingerprint density at radius 1 is 0.842 bits per heavy atom. The number of pyridine rings is 2. The smallest absolute Gasteiger partial charge is 0.356 e. The molecule has 2 aromatic heterocycles. The molecule has 2 saturated heterocycles. The maximum absolute atomic E-state index is 14.7. The average molecular weight is 1110 g/mol. The first-order chi connectivity index (χ1) is 36.4. The van der Waals surface area contributed by atoms with Crippen LogP contribution >= 0.6 is 15.9 Å². The fourth-order valence-corrected chi connectivity index (χ4v) is 15.0. The normalized spacial score (nSPS) is 27.7. The first-order valence-electron chi connectivity index (χ1n) is 28.4. The largest absolute Gasteiger partial charge is 0.418 e. The van der Waals surface area contributed by atoms with Gasteiger partial charge >= 0.3 is 6.18 Å². The number of piperidine rings is 1. The van der Waals surface area contributed by atoms with E-state index in [-0.39, 0.29) is 108 Å². The Bertz CT molecular complexity index is 2650. The van der Waals surface area contributed by atoms with Gasteiger partial charge in [-0.1, -0.05) is 41.9 Å². The molecule has 0 bridgehead atoms. The highest BCUT2D eigenvalue weighted by Crippen LogP contribution is 2.50. The molecule has 10 rings (SSSR count). The van der Waals surface area contributed by atoms with Crippen LogP contribution in [0, 0.1) is 34.5 Å². The van der Waals surface area contributed by atoms with Crippen LogP contribution in [-0.2, 0) is 56.0 Å². The summed E-state index contributed by atoms with van der Waals surface area (Å²) >= 11 is 3.59. The zero-order valence-electron chi connectivity index (χ0n) is 44.5. The number of aryl methyl sites for hydroxylation is 2. The number of carbonyl (C=O) groups excluding carboxylic acids is 5. The molecule has 1 spiro atoms. The highest BCUT2D eigenvalue weighted by Gasteiger charge is 2.51. The van der Waals surface area contributed by atoms with Crippen molar-refractivity contribution in [2.75, 3.05) is 33.2 Å². The Morgan fingerprint density at radius 2 is 1.59 bits per heavy atom. The van der Waals surface area contributed by atoms with Crippen molar-refractivity contribution in [2.24, 2.45) is 34.5 Å². The molecule has 76 heavy (non-hydrogen) atoms. The van der Waals surface area contributed by atoms with E-state index in [0.29, 0.717) is 75.8 Å². The molecule has 5 amide bonds. The third kappa shape index (κ3) is 11.3. The fourth-order valence-electron chi connectivity index (χ4n) is 14.6. The van der Waals surface area contributed by atoms with Gasteiger partial charge in [-0.25, -0.2) is 0 Å². The third-order valence-corrected chi connectivity index (χ3v) is 19.9. The van der Waals surface area contributed by atoms with Crippen LogP contribution in [0.15, 0.2) is 53.3 Å². The van der Waals surface area contributed by atoms with Crippen LogP contribution in [0.1, 0.15) is 168 Å². The number of aromatic nitrogens is 2. The molecular weight excluding hydrogens is 1040 g/mol. The number of alkyl halides is 3. The van der Waals surface area contributed by atoms with E-state index in [1.165, 1.54) is 17.2 Å². The maximum Gasteiger partial charge on any atom is 0.418 e. The van der Waals surface area contributed by atoms with Gasteiger partial charge in [0, 0.05) is 105 Å². The van der Waals surface area contributed by atoms with E-state index >= 15 is 0 Å². The molecule has 0 unspecified atom stereocenters. The van der Waals surface area contributed by atoms with Gasteiger partial charge in [0.15, 0.2) is 0 Å². The molecule has 5 heterocycles. The summed E-state index contributed by atoms with van der Waals surface area (Å²) in [5.74, 6) is -0.620. The quantitative estimate of drug-likeness (QED) is 0.143. The van der Waals surface area contributed by atoms with Crippen molar-refractivity contribution in [1.82, 2.24) is 40.6 Å². The molecule has 1 aromatic carbocycles. The second-order valence-corrected chi connectivity index (χ2v) is 24.9. The SMILES string of the molecule is CC(C)[C@]1(C(=O)N2CCc3nc(CCCNC(=O)C4CCC(NC(=O)C5CCC6(CC5)CCN(C(=O)[C@H]5CC(=O)N(C)[C@@H]5c5cccnc5)CC6)CC4)c(C(F)(F)F)cc3C2)CC[C@@H](N[C@@H]2CCc3cc(Br)ccc32)C1. The number of nitrogens with one attached hydrogen (secondary N) is 3. The molecule has 17 heteroatoms. The predicted octanol–water partition coefficient (Wildman–Crippen LogP) is 9.36. The zero-order valence-corrected chi connectivity index (χ0v) is 46.1. The summed E-state index contributed by atoms with van der Waals surface area (Å²) in [5.41, 5.74) is 3.34. The first kappa shape index (κ1) is 54.5. The second kappa shape index (κ2) is 22.5. The van der Waals surface area contributed by atoms with Crippen LogP contribution in [0.5, 0.6) is 0 Å². The molecule has 0 radical (unpaired) electrons. The Morgan fingerprint density at radius 3 is 2.30 bits per heavy atom. The Hall–Kier alpha value is -4.90. The molecule has 5 fully saturated rings. The zero-order chi connectivity index (χ0) is 53.5. The lowest BCUT2D eigenvalue weighted by Crippen LogP contribution is -2.48. The summed E-state index contributed by atoms with van der Waals surface area (Å²) in [4.78, 5) is 82.2. The number of hydrogen-bond donors (Lipinski definition) is 3. The molecule has 3 aliphatic heterocycles. The van der Waals surface area contributed by atoms with Gasteiger partial charge in [0.05, 0.1) is 28.6 Å². The molecule has 3 aromatic rings. The lowest BCUT2D eigenvalue weighted by molar-refractivity contribution is -0.146. The first-order valence-corrected chi connectivity index (χ1v) is 29.1. The summed E-state index contributed by atoms with van der Waals surface area (Å²) < 4.78 is 45.1. The van der Waals surface area contributed by atoms with Crippen molar-refractivity contribution < 1.29 is 37.1 Å². The van der Waals surface area contributed by atoms with E-state index in [4.69, 9.17) is 0 Å². The summed E-state index contributed by atoms with van der Waals surface area (Å²) in [7, 11) is 1.76. The van der Waals surface area contributed by atoms with Gasteiger partial charge < -0.3 is 30.7 Å². The monoisotopic (exact) mass is 1110 g/mol. The Kier molecular flexibility index (Phi) is 16.1. The van der Waals surface area contributed by atoms with Crippen LogP contribution in [0.2, 0.25) is 0 Å². The topological polar surface area (TPSA) is 157 Å². The molecular formula is C59H76BrF3N8O5. The summed E-state index contributed by atoms with van der Waals surface area (Å²) in [6.45, 7) is 6.26. The van der Waals surface area contributed by atoms with Gasteiger partial charge in [-0.2, -0.15) is 13.2 Å². The van der Waals surface area contributed by atoms with Crippen molar-refractivity contribution in [3.63, 3.8) is 0 Å². The van der Waals surface area contributed by atoms with Crippen molar-refractivity contribution in [1.29, 1.82) is 0 Å². The number of fused-ring (bicyclic) bond motifs is 2. The average Bonchev–Trinajstić information content (AvgIpc) is 4.12. The number of likely N-dealkylation sites (tertiary alicyclic amines) is 2. The number of amides is 5. The van der Waals surface area contributed by atoms with Crippen molar-refractivity contribution in [2.45, 2.75) is 173 Å². The number of rotatable bonds is 13. The third-order valence-electron chi connectivity index (χ3n) is 19.4. The van der Waals surface area contributed by atoms with Crippen LogP contribution in [0.25, 0.3) is 0 Å². The van der Waals surface area contributed by atoms with Gasteiger partial charge in [0.2, 0.25) is 29.5 Å². The van der Waals surface area contributed by atoms with Gasteiger partial charge in [-0.15, -0.1) is 0 Å². The van der Waals surface area contributed by atoms with Crippen molar-refractivity contribution in [3.05, 3.63) is 92.5 Å². The number of nitrogens with zero attached hydrogens (tertiary/aromatic N) is 5. The van der Waals surface area contributed by atoms with Gasteiger partial charge in [0.25, 0.3) is 0 Å². The van der Waals surface area contributed by atoms with Crippen LogP contribution in [-0.4, -0.2) is 99.5 Å². The molecule has 3 N–H and O–H groups in total. The van der Waals surface area contributed by atoms with Crippen LogP contribution in [0.4, 0.5) is 13.2 Å². The highest BCUT2D eigenvalue weighted by atomic mass is 79.9. The maximum atomic E-state index is 14.7. The summed E-state index contributed by atoms with van der Waals surface area (Å²) in [6.07, 6.45) is 12.0. The number of hydrogen-bond acceptors (Lipinski definition) is 8. The Balaban J connectivity index is 0.645. The molecule has 410 valence electrons. The predicted molar refractivity (Wildman–Crippen MR) is 285 cm³/mol. The van der Waals surface area contributed by atoms with Crippen molar-refractivity contribution >= 4 is 45.5 Å². The molecule has 4 aliphatic carbocycles. The molecule has 5 atom stereocenters. The minimum atomic E-state index is -4.62. The highest BCUT2D eigenvalue weighted by molar-refractivity contribution is 9.10. The minimum absolute atomic E-state index is 0.00249. The van der Waals surface area contributed by atoms with Gasteiger partial charge in [0.1, 0.15) is 0 Å². The number of carbonyl (C=O) groups is 5. The molecule has 7 aliphatic rings. The van der Waals surface area contributed by atoms with Crippen LogP contribution in [0.3, 0.4) is 0 Å². The standard InChI is InChI=1S/C59H76BrF3N8O5/c1-36(2)58(22-18-44(33-58)66-49-15-10-39-30-42(60)11-14-45(39)49)56(76)71-27-19-48-41(35-71)31-47(59(61,62)63)50(68-48)7-5-26-65-53(73)37-8-12-43(13-9-37)67-54(74)38-16-20-57(21-17-38)23-28-70(29-24-57)55(75)46-32-51(72)69(3)52(46)40-6-4-25-64-34-40/h4,6,11,14,25,30-31,34,36-38,43-44,46,49,52,66H,5,7-10,12-13,15-24,26-29,32-33,35H2,1-3H3,(H,65,73)(H,67,74)/t37?,43?,44-,46+,49-,52-,58+/m1/s1. The van der Waals surface area contributed by atoms with E-state index in [2.05, 4.69) is 73.9 Å². The van der Waals surface area contributed by atoms with E-state index in [1.807, 2.05) is 17.0 Å². The fraction of sp³-hybridized carbons (Fsp3) is 0.644. The molecule has 13 nitrogen and oxygen atoms in total. The number of halogens is 4. The summed E-state index contributed by atoms with van der Waals surface area (Å²) in [6, 6.07) is 11.5. The second-order valence-electron chi connectivity index (χ2n) is 24.0. The van der Waals surface area contributed by atoms with Crippen molar-refractivity contribution in [3.8, 4) is 0 Å². The summed E-state index contributed by atoms with van der Waals surface area (Å²) in [5, 5.41) is 10.1. The van der Waals surface area contributed by atoms with Crippen LogP contribution < -0.4 is 16.0 Å². The minimum Gasteiger partial charge on any atom is -0.356 e. The van der Waals surface area contributed by atoms with E-state index in [1.54, 1.807) is 29.2 Å². The molecule has 3 saturated carbocycles. The van der Waals surface area contributed by atoms with Gasteiger partial charge in [-0.3, -0.25) is 33.9 Å². The number of benzene rings is 1. The lowest BCUT2D eigenvalue weighted by Gasteiger charge is -2.46.